The van der Waals surface area contributed by atoms with Gasteiger partial charge in [0, 0.05) is 25.3 Å². The predicted molar refractivity (Wildman–Crippen MR) is 97.3 cm³/mol. The van der Waals surface area contributed by atoms with Crippen LogP contribution in [0.1, 0.15) is 29.0 Å². The molecule has 5 heterocycles. The third-order valence-electron chi connectivity index (χ3n) is 6.87. The summed E-state index contributed by atoms with van der Waals surface area (Å²) in [6, 6.07) is 7.61. The standard InChI is InChI=1S/C19H19NO4S2/c1-20-12-8-11(9-17(20)10-18(17)15(12)24-18)23-16(21)19(22,13-4-2-6-25-13)14-5-3-7-26-14/h2-7,11-12,15,22H,8-10H2,1H3/t11?,12?,15?,17?,18-/m0/s1. The largest absolute Gasteiger partial charge is 0.460 e. The molecular formula is C19H19NO4S2. The van der Waals surface area contributed by atoms with E-state index in [4.69, 9.17) is 9.47 Å². The van der Waals surface area contributed by atoms with E-state index in [0.717, 1.165) is 19.3 Å². The van der Waals surface area contributed by atoms with Crippen LogP contribution in [0.5, 0.6) is 0 Å². The molecule has 0 amide bonds. The highest BCUT2D eigenvalue weighted by molar-refractivity contribution is 7.12. The van der Waals surface area contributed by atoms with Crippen molar-refractivity contribution in [1.82, 2.24) is 4.90 Å². The zero-order valence-corrected chi connectivity index (χ0v) is 15.9. The average Bonchev–Trinajstić information content (AvgIpc) is 3.21. The van der Waals surface area contributed by atoms with Crippen molar-refractivity contribution >= 4 is 28.6 Å². The predicted octanol–water partition coefficient (Wildman–Crippen LogP) is 2.35. The second-order valence-corrected chi connectivity index (χ2v) is 9.84. The highest BCUT2D eigenvalue weighted by Gasteiger charge is 2.92. The van der Waals surface area contributed by atoms with Gasteiger partial charge in [-0.25, -0.2) is 4.79 Å². The van der Waals surface area contributed by atoms with Gasteiger partial charge in [0.2, 0.25) is 5.60 Å². The number of likely N-dealkylation sites (N-methyl/N-ethyl adjacent to an activating group) is 1. The first-order valence-corrected chi connectivity index (χ1v) is 10.7. The summed E-state index contributed by atoms with van der Waals surface area (Å²) in [5.74, 6) is -0.558. The van der Waals surface area contributed by atoms with E-state index in [1.807, 2.05) is 22.9 Å². The number of carbonyl (C=O) groups is 1. The monoisotopic (exact) mass is 389 g/mol. The molecule has 1 saturated carbocycles. The van der Waals surface area contributed by atoms with Gasteiger partial charge in [0.15, 0.2) is 0 Å². The van der Waals surface area contributed by atoms with Crippen LogP contribution in [0.4, 0.5) is 0 Å². The topological polar surface area (TPSA) is 62.3 Å². The van der Waals surface area contributed by atoms with Gasteiger partial charge in [-0.2, -0.15) is 0 Å². The number of rotatable bonds is 4. The quantitative estimate of drug-likeness (QED) is 0.642. The fourth-order valence-electron chi connectivity index (χ4n) is 5.45. The van der Waals surface area contributed by atoms with Crippen LogP contribution in [-0.2, 0) is 19.9 Å². The average molecular weight is 389 g/mol. The number of piperidine rings is 2. The molecule has 4 fully saturated rings. The molecule has 2 aromatic heterocycles. The molecule has 3 saturated heterocycles. The van der Waals surface area contributed by atoms with Crippen LogP contribution in [-0.4, -0.2) is 52.4 Å². The number of ether oxygens (including phenoxy) is 2. The molecule has 4 aliphatic rings. The number of hydrogen-bond acceptors (Lipinski definition) is 7. The van der Waals surface area contributed by atoms with Gasteiger partial charge < -0.3 is 14.6 Å². The Morgan fingerprint density at radius 1 is 1.35 bits per heavy atom. The van der Waals surface area contributed by atoms with E-state index in [1.54, 1.807) is 12.1 Å². The smallest absolute Gasteiger partial charge is 0.349 e. The molecule has 26 heavy (non-hydrogen) atoms. The molecule has 6 rings (SSSR count). The first-order valence-electron chi connectivity index (χ1n) is 8.93. The van der Waals surface area contributed by atoms with Crippen LogP contribution in [0.15, 0.2) is 35.0 Å². The van der Waals surface area contributed by atoms with E-state index in [0.29, 0.717) is 21.9 Å². The maximum Gasteiger partial charge on any atom is 0.349 e. The molecule has 5 atom stereocenters. The van der Waals surface area contributed by atoms with Gasteiger partial charge in [-0.1, -0.05) is 12.1 Å². The first kappa shape index (κ1) is 15.8. The number of aliphatic hydroxyl groups is 1. The van der Waals surface area contributed by atoms with Crippen LogP contribution in [0, 0.1) is 0 Å². The van der Waals surface area contributed by atoms with Crippen molar-refractivity contribution in [1.29, 1.82) is 0 Å². The van der Waals surface area contributed by atoms with Gasteiger partial charge >= 0.3 is 5.97 Å². The fraction of sp³-hybridized carbons (Fsp3) is 0.526. The lowest BCUT2D eigenvalue weighted by Gasteiger charge is -2.41. The van der Waals surface area contributed by atoms with Crippen LogP contribution in [0.3, 0.4) is 0 Å². The van der Waals surface area contributed by atoms with Gasteiger partial charge in [-0.05, 0) is 29.9 Å². The third kappa shape index (κ3) is 1.69. The Balaban J connectivity index is 1.28. The van der Waals surface area contributed by atoms with Gasteiger partial charge in [0.25, 0.3) is 0 Å². The number of esters is 1. The zero-order valence-electron chi connectivity index (χ0n) is 14.3. The molecule has 0 aromatic carbocycles. The van der Waals surface area contributed by atoms with Crippen molar-refractivity contribution in [2.24, 2.45) is 0 Å². The fourth-order valence-corrected chi connectivity index (χ4v) is 7.16. The molecule has 136 valence electrons. The number of fused-ring (bicyclic) bond motifs is 2. The second kappa shape index (κ2) is 4.77. The Morgan fingerprint density at radius 3 is 2.62 bits per heavy atom. The van der Waals surface area contributed by atoms with E-state index in [-0.39, 0.29) is 17.2 Å². The molecule has 2 spiro atoms. The summed E-state index contributed by atoms with van der Waals surface area (Å²) in [5, 5.41) is 15.1. The Kier molecular flexibility index (Phi) is 2.90. The van der Waals surface area contributed by atoms with Crippen LogP contribution >= 0.6 is 22.7 Å². The van der Waals surface area contributed by atoms with Crippen LogP contribution in [0.25, 0.3) is 0 Å². The van der Waals surface area contributed by atoms with Gasteiger partial charge in [-0.15, -0.1) is 22.7 Å². The van der Waals surface area contributed by atoms with E-state index in [1.165, 1.54) is 22.7 Å². The molecule has 2 aromatic rings. The maximum absolute atomic E-state index is 13.2. The lowest BCUT2D eigenvalue weighted by molar-refractivity contribution is -0.172. The minimum absolute atomic E-state index is 0.0470. The number of thiophene rings is 2. The summed E-state index contributed by atoms with van der Waals surface area (Å²) in [4.78, 5) is 16.8. The van der Waals surface area contributed by atoms with Gasteiger partial charge in [0.1, 0.15) is 17.8 Å². The van der Waals surface area contributed by atoms with Crippen LogP contribution < -0.4 is 0 Å². The highest BCUT2D eigenvalue weighted by Crippen LogP contribution is 2.77. The Hall–Kier alpha value is -1.25. The summed E-state index contributed by atoms with van der Waals surface area (Å²) in [6.45, 7) is 0. The molecule has 0 radical (unpaired) electrons. The lowest BCUT2D eigenvalue weighted by Crippen LogP contribution is -2.52. The van der Waals surface area contributed by atoms with Crippen molar-refractivity contribution in [3.63, 3.8) is 0 Å². The SMILES string of the molecule is CN1C2CC(OC(=O)C(O)(c3cccs3)c3cccs3)CC13C[C@@]31OC21. The van der Waals surface area contributed by atoms with Crippen molar-refractivity contribution in [3.8, 4) is 0 Å². The number of nitrogens with zero attached hydrogens (tertiary/aromatic N) is 1. The van der Waals surface area contributed by atoms with Gasteiger partial charge in [-0.3, -0.25) is 4.90 Å². The molecule has 1 N–H and O–H groups in total. The molecule has 2 bridgehead atoms. The van der Waals surface area contributed by atoms with Crippen molar-refractivity contribution in [2.45, 2.75) is 54.3 Å². The lowest BCUT2D eigenvalue weighted by atomic mass is 9.94. The summed E-state index contributed by atoms with van der Waals surface area (Å²) >= 11 is 2.75. The van der Waals surface area contributed by atoms with E-state index < -0.39 is 11.6 Å². The molecule has 7 heteroatoms. The van der Waals surface area contributed by atoms with Crippen molar-refractivity contribution in [2.75, 3.05) is 7.05 Å². The minimum Gasteiger partial charge on any atom is -0.460 e. The minimum atomic E-state index is -1.72. The molecular weight excluding hydrogens is 370 g/mol. The van der Waals surface area contributed by atoms with Gasteiger partial charge in [0.05, 0.1) is 15.3 Å². The summed E-state index contributed by atoms with van der Waals surface area (Å²) in [6.07, 6.45) is 2.77. The third-order valence-corrected chi connectivity index (χ3v) is 8.83. The maximum atomic E-state index is 13.2. The molecule has 3 aliphatic heterocycles. The first-order chi connectivity index (χ1) is 12.5. The second-order valence-electron chi connectivity index (χ2n) is 7.95. The Morgan fingerprint density at radius 2 is 2.04 bits per heavy atom. The summed E-state index contributed by atoms with van der Waals surface area (Å²) in [5.41, 5.74) is -1.62. The number of epoxide rings is 1. The van der Waals surface area contributed by atoms with Crippen molar-refractivity contribution < 1.29 is 19.4 Å². The zero-order chi connectivity index (χ0) is 17.7. The molecule has 1 aliphatic carbocycles. The summed E-state index contributed by atoms with van der Waals surface area (Å²) < 4.78 is 11.9. The Bertz CT molecular complexity index is 847. The van der Waals surface area contributed by atoms with E-state index in [2.05, 4.69) is 11.9 Å². The Labute approximate surface area is 159 Å². The van der Waals surface area contributed by atoms with Crippen LogP contribution in [0.2, 0.25) is 0 Å². The molecule has 4 unspecified atom stereocenters. The number of hydrogen-bond donors (Lipinski definition) is 1. The summed E-state index contributed by atoms with van der Waals surface area (Å²) in [7, 11) is 2.17. The highest BCUT2D eigenvalue weighted by atomic mass is 32.1. The van der Waals surface area contributed by atoms with Crippen molar-refractivity contribution in [3.05, 3.63) is 44.8 Å². The number of morpholine rings is 1. The molecule has 5 nitrogen and oxygen atoms in total. The van der Waals surface area contributed by atoms with E-state index in [9.17, 15) is 9.90 Å². The number of carbonyl (C=O) groups excluding carboxylic acids is 1. The van der Waals surface area contributed by atoms with E-state index >= 15 is 0 Å². The normalized spacial score (nSPS) is 40.0.